The first-order valence-corrected chi connectivity index (χ1v) is 17.3. The molecule has 0 radical (unpaired) electrons. The van der Waals surface area contributed by atoms with Crippen molar-refractivity contribution in [2.45, 2.75) is 19.3 Å². The van der Waals surface area contributed by atoms with Crippen LogP contribution in [0, 0.1) is 0 Å². The maximum Gasteiger partial charge on any atom is 0.161 e. The molecule has 0 aliphatic heterocycles. The van der Waals surface area contributed by atoms with Crippen molar-refractivity contribution in [1.29, 1.82) is 0 Å². The molecule has 0 fully saturated rings. The van der Waals surface area contributed by atoms with Gasteiger partial charge in [-0.2, -0.15) is 0 Å². The van der Waals surface area contributed by atoms with E-state index in [-0.39, 0.29) is 5.41 Å². The maximum absolute atomic E-state index is 5.60. The monoisotopic (exact) mass is 637 g/mol. The summed E-state index contributed by atoms with van der Waals surface area (Å²) < 4.78 is 2.39. The summed E-state index contributed by atoms with van der Waals surface area (Å²) in [6.07, 6.45) is 0. The van der Waals surface area contributed by atoms with Crippen molar-refractivity contribution in [3.8, 4) is 28.3 Å². The molecule has 2 aromatic heterocycles. The molecule has 0 saturated carbocycles. The highest BCUT2D eigenvalue weighted by molar-refractivity contribution is 6.25. The number of fused-ring (bicyclic) bond motifs is 13. The average Bonchev–Trinajstić information content (AvgIpc) is 3.61. The molecule has 0 amide bonds. The molecule has 0 N–H and O–H groups in total. The van der Waals surface area contributed by atoms with Crippen molar-refractivity contribution in [1.82, 2.24) is 14.5 Å². The molecule has 0 bridgehead atoms. The molecular formula is C47H31N3. The molecule has 0 atom stereocenters. The standard InChI is InChI=1S/C47H31N3/c1-47(2)40-21-11-9-20-37(40)43-44(47)48-45(30-23-24-35-33-17-6-5-15-31(33)32-16-7-8-18-34(32)38(35)26-30)49-46(43)50-41-22-12-10-19-36(41)39-25-28-13-3-4-14-29(28)27-42(39)50/h3-27H,1-2H3. The molecule has 8 aromatic carbocycles. The van der Waals surface area contributed by atoms with Crippen LogP contribution in [-0.2, 0) is 5.41 Å². The molecule has 1 aliphatic rings. The van der Waals surface area contributed by atoms with Gasteiger partial charge < -0.3 is 0 Å². The molecule has 234 valence electrons. The summed E-state index contributed by atoms with van der Waals surface area (Å²) in [4.78, 5) is 11.1. The molecule has 10 aromatic rings. The van der Waals surface area contributed by atoms with E-state index in [1.807, 2.05) is 0 Å². The lowest BCUT2D eigenvalue weighted by molar-refractivity contribution is 0.635. The van der Waals surface area contributed by atoms with Crippen LogP contribution >= 0.6 is 0 Å². The fourth-order valence-electron chi connectivity index (χ4n) is 8.74. The van der Waals surface area contributed by atoms with Gasteiger partial charge in [0.2, 0.25) is 0 Å². The Hall–Kier alpha value is -6.32. The van der Waals surface area contributed by atoms with E-state index in [9.17, 15) is 0 Å². The minimum absolute atomic E-state index is 0.302. The van der Waals surface area contributed by atoms with E-state index in [0.29, 0.717) is 0 Å². The van der Waals surface area contributed by atoms with Crippen LogP contribution in [0.4, 0.5) is 0 Å². The second-order valence-corrected chi connectivity index (χ2v) is 14.2. The van der Waals surface area contributed by atoms with Gasteiger partial charge in [-0.1, -0.05) is 141 Å². The third-order valence-electron chi connectivity index (χ3n) is 11.1. The molecule has 2 heterocycles. The van der Waals surface area contributed by atoms with Crippen LogP contribution in [0.3, 0.4) is 0 Å². The van der Waals surface area contributed by atoms with E-state index in [4.69, 9.17) is 9.97 Å². The third kappa shape index (κ3) is 3.64. The van der Waals surface area contributed by atoms with E-state index in [2.05, 4.69) is 170 Å². The van der Waals surface area contributed by atoms with Gasteiger partial charge in [0.25, 0.3) is 0 Å². The van der Waals surface area contributed by atoms with Crippen LogP contribution in [0.15, 0.2) is 152 Å². The Balaban J connectivity index is 1.27. The Morgan fingerprint density at radius 2 is 1.04 bits per heavy atom. The smallest absolute Gasteiger partial charge is 0.161 e. The lowest BCUT2D eigenvalue weighted by atomic mass is 9.85. The summed E-state index contributed by atoms with van der Waals surface area (Å²) in [5.41, 5.74) is 7.67. The minimum atomic E-state index is -0.302. The zero-order chi connectivity index (χ0) is 33.1. The topological polar surface area (TPSA) is 30.7 Å². The first-order chi connectivity index (χ1) is 24.6. The van der Waals surface area contributed by atoms with E-state index in [1.165, 1.54) is 65.0 Å². The number of hydrogen-bond donors (Lipinski definition) is 0. The molecule has 3 nitrogen and oxygen atoms in total. The zero-order valence-electron chi connectivity index (χ0n) is 27.8. The van der Waals surface area contributed by atoms with Crippen LogP contribution in [0.1, 0.15) is 25.1 Å². The van der Waals surface area contributed by atoms with Gasteiger partial charge in [0.1, 0.15) is 5.82 Å². The number of hydrogen-bond acceptors (Lipinski definition) is 2. The van der Waals surface area contributed by atoms with E-state index < -0.39 is 0 Å². The number of benzene rings is 8. The molecular weight excluding hydrogens is 607 g/mol. The van der Waals surface area contributed by atoms with Gasteiger partial charge in [-0.3, -0.25) is 4.57 Å². The van der Waals surface area contributed by atoms with Crippen LogP contribution in [0.2, 0.25) is 0 Å². The number of nitrogens with zero attached hydrogens (tertiary/aromatic N) is 3. The van der Waals surface area contributed by atoms with Gasteiger partial charge in [0.05, 0.1) is 16.7 Å². The van der Waals surface area contributed by atoms with Gasteiger partial charge in [0, 0.05) is 27.3 Å². The zero-order valence-corrected chi connectivity index (χ0v) is 27.8. The van der Waals surface area contributed by atoms with Crippen LogP contribution in [0.5, 0.6) is 0 Å². The Labute approximate surface area is 289 Å². The number of para-hydroxylation sites is 1. The highest BCUT2D eigenvalue weighted by Gasteiger charge is 2.40. The Morgan fingerprint density at radius 1 is 0.460 bits per heavy atom. The normalized spacial score (nSPS) is 13.6. The predicted octanol–water partition coefficient (Wildman–Crippen LogP) is 12.2. The van der Waals surface area contributed by atoms with E-state index in [1.54, 1.807) is 0 Å². The van der Waals surface area contributed by atoms with Crippen molar-refractivity contribution in [3.63, 3.8) is 0 Å². The summed E-state index contributed by atoms with van der Waals surface area (Å²) >= 11 is 0. The Bertz CT molecular complexity index is 3040. The summed E-state index contributed by atoms with van der Waals surface area (Å²) in [5.74, 6) is 1.67. The highest BCUT2D eigenvalue weighted by Crippen LogP contribution is 2.51. The van der Waals surface area contributed by atoms with Gasteiger partial charge >= 0.3 is 0 Å². The average molecular weight is 638 g/mol. The third-order valence-corrected chi connectivity index (χ3v) is 11.1. The molecule has 50 heavy (non-hydrogen) atoms. The van der Waals surface area contributed by atoms with Gasteiger partial charge in [-0.25, -0.2) is 9.97 Å². The SMILES string of the molecule is CC1(C)c2ccccc2-c2c(-n3c4ccccc4c4cc5ccccc5cc43)nc(-c3ccc4c5ccccc5c5ccccc5c4c3)nc21. The van der Waals surface area contributed by atoms with Crippen molar-refractivity contribution < 1.29 is 0 Å². The fraction of sp³-hybridized carbons (Fsp3) is 0.0638. The van der Waals surface area contributed by atoms with Crippen LogP contribution in [-0.4, -0.2) is 14.5 Å². The second kappa shape index (κ2) is 9.87. The van der Waals surface area contributed by atoms with Gasteiger partial charge in [-0.05, 0) is 78.5 Å². The van der Waals surface area contributed by atoms with Crippen molar-refractivity contribution in [2.75, 3.05) is 0 Å². The van der Waals surface area contributed by atoms with Crippen LogP contribution < -0.4 is 0 Å². The lowest BCUT2D eigenvalue weighted by Crippen LogP contribution is -2.18. The van der Waals surface area contributed by atoms with E-state index in [0.717, 1.165) is 39.5 Å². The maximum atomic E-state index is 5.60. The van der Waals surface area contributed by atoms with Crippen molar-refractivity contribution in [2.24, 2.45) is 0 Å². The first kappa shape index (κ1) is 27.6. The summed E-state index contributed by atoms with van der Waals surface area (Å²) in [5, 5.41) is 12.4. The summed E-state index contributed by atoms with van der Waals surface area (Å²) in [6.45, 7) is 4.61. The Morgan fingerprint density at radius 3 is 1.78 bits per heavy atom. The molecule has 0 saturated heterocycles. The molecule has 0 spiro atoms. The Kier molecular flexibility index (Phi) is 5.45. The highest BCUT2D eigenvalue weighted by atomic mass is 15.1. The van der Waals surface area contributed by atoms with E-state index >= 15 is 0 Å². The summed E-state index contributed by atoms with van der Waals surface area (Å²) in [7, 11) is 0. The van der Waals surface area contributed by atoms with Crippen molar-refractivity contribution in [3.05, 3.63) is 163 Å². The number of rotatable bonds is 2. The quantitative estimate of drug-likeness (QED) is 0.177. The minimum Gasteiger partial charge on any atom is -0.293 e. The van der Waals surface area contributed by atoms with Gasteiger partial charge in [-0.15, -0.1) is 0 Å². The molecule has 3 heteroatoms. The van der Waals surface area contributed by atoms with Crippen LogP contribution in [0.25, 0.3) is 93.2 Å². The number of aromatic nitrogens is 3. The predicted molar refractivity (Wildman–Crippen MR) is 209 cm³/mol. The molecule has 1 aliphatic carbocycles. The second-order valence-electron chi connectivity index (χ2n) is 14.2. The molecule has 11 rings (SSSR count). The van der Waals surface area contributed by atoms with Gasteiger partial charge in [0.15, 0.2) is 5.82 Å². The first-order valence-electron chi connectivity index (χ1n) is 17.3. The lowest BCUT2D eigenvalue weighted by Gasteiger charge is -2.21. The fourth-order valence-corrected chi connectivity index (χ4v) is 8.74. The summed E-state index contributed by atoms with van der Waals surface area (Å²) in [6, 6.07) is 55.1. The largest absolute Gasteiger partial charge is 0.293 e. The van der Waals surface area contributed by atoms with Crippen molar-refractivity contribution >= 4 is 64.9 Å². The molecule has 0 unspecified atom stereocenters.